The van der Waals surface area contributed by atoms with Crippen LogP contribution in [0.4, 0.5) is 0 Å². The molecule has 0 aliphatic carbocycles. The average molecular weight is 303 g/mol. The predicted octanol–water partition coefficient (Wildman–Crippen LogP) is -0.280. The number of nitrogens with one attached hydrogen (secondary N) is 1. The maximum atomic E-state index is 11.3. The van der Waals surface area contributed by atoms with Gasteiger partial charge in [-0.15, -0.1) is 0 Å². The van der Waals surface area contributed by atoms with Crippen molar-refractivity contribution in [3.63, 3.8) is 0 Å². The van der Waals surface area contributed by atoms with E-state index in [9.17, 15) is 13.5 Å². The van der Waals surface area contributed by atoms with E-state index in [-0.39, 0.29) is 24.1 Å². The maximum absolute atomic E-state index is 11.3. The zero-order valence-electron chi connectivity index (χ0n) is 11.6. The third kappa shape index (κ3) is 5.18. The van der Waals surface area contributed by atoms with Crippen molar-refractivity contribution in [3.05, 3.63) is 29.8 Å². The molecule has 0 aliphatic rings. The fourth-order valence-electron chi connectivity index (χ4n) is 1.71. The van der Waals surface area contributed by atoms with Crippen molar-refractivity contribution in [2.24, 2.45) is 0 Å². The zero-order chi connectivity index (χ0) is 15.2. The second-order valence-electron chi connectivity index (χ2n) is 4.60. The lowest BCUT2D eigenvalue weighted by atomic mass is 10.1. The number of ether oxygens (including phenoxy) is 1. The third-order valence-electron chi connectivity index (χ3n) is 2.88. The van der Waals surface area contributed by atoms with E-state index in [2.05, 4.69) is 5.32 Å². The van der Waals surface area contributed by atoms with E-state index in [4.69, 9.17) is 9.84 Å². The highest BCUT2D eigenvalue weighted by Gasteiger charge is 2.13. The van der Waals surface area contributed by atoms with Gasteiger partial charge >= 0.3 is 0 Å². The van der Waals surface area contributed by atoms with Crippen molar-refractivity contribution in [2.75, 3.05) is 33.1 Å². The third-order valence-corrected chi connectivity index (χ3v) is 4.01. The first-order chi connectivity index (χ1) is 9.38. The molecule has 1 aromatic carbocycles. The lowest BCUT2D eigenvalue weighted by Crippen LogP contribution is -2.38. The number of sulfone groups is 1. The predicted molar refractivity (Wildman–Crippen MR) is 75.3 cm³/mol. The van der Waals surface area contributed by atoms with Crippen molar-refractivity contribution in [1.82, 2.24) is 5.32 Å². The van der Waals surface area contributed by atoms with E-state index < -0.39 is 15.9 Å². The molecule has 6 nitrogen and oxygen atoms in total. The first kappa shape index (κ1) is 17.1. The highest BCUT2D eigenvalue weighted by atomic mass is 32.2. The molecule has 0 aliphatic heterocycles. The molecule has 0 saturated heterocycles. The number of aliphatic hydroxyl groups is 2. The van der Waals surface area contributed by atoms with Gasteiger partial charge in [0.25, 0.3) is 0 Å². The van der Waals surface area contributed by atoms with Gasteiger partial charge in [-0.25, -0.2) is 8.42 Å². The normalized spacial score (nSPS) is 15.0. The van der Waals surface area contributed by atoms with Gasteiger partial charge in [-0.2, -0.15) is 0 Å². The molecule has 0 radical (unpaired) electrons. The number of benzene rings is 1. The minimum absolute atomic E-state index is 0.0897. The Morgan fingerprint density at radius 2 is 1.90 bits per heavy atom. The Morgan fingerprint density at radius 1 is 1.30 bits per heavy atom. The fourth-order valence-corrected chi connectivity index (χ4v) is 2.34. The van der Waals surface area contributed by atoms with E-state index in [1.54, 1.807) is 12.1 Å². The first-order valence-corrected chi connectivity index (χ1v) is 8.09. The minimum Gasteiger partial charge on any atom is -0.395 e. The summed E-state index contributed by atoms with van der Waals surface area (Å²) in [5, 5.41) is 22.0. The number of hydrogen-bond donors (Lipinski definition) is 3. The topological polar surface area (TPSA) is 95.9 Å². The molecule has 114 valence electrons. The van der Waals surface area contributed by atoms with Crippen LogP contribution in [0.25, 0.3) is 0 Å². The molecular weight excluding hydrogens is 282 g/mol. The second-order valence-corrected chi connectivity index (χ2v) is 6.62. The zero-order valence-corrected chi connectivity index (χ0v) is 12.4. The number of hydrogen-bond acceptors (Lipinski definition) is 6. The van der Waals surface area contributed by atoms with Crippen LogP contribution in [0, 0.1) is 0 Å². The van der Waals surface area contributed by atoms with Crippen LogP contribution >= 0.6 is 0 Å². The van der Waals surface area contributed by atoms with Gasteiger partial charge in [-0.3, -0.25) is 0 Å². The minimum atomic E-state index is -3.23. The van der Waals surface area contributed by atoms with Crippen LogP contribution in [0.2, 0.25) is 0 Å². The van der Waals surface area contributed by atoms with Gasteiger partial charge < -0.3 is 20.3 Å². The van der Waals surface area contributed by atoms with Gasteiger partial charge in [0.05, 0.1) is 30.3 Å². The van der Waals surface area contributed by atoms with Crippen molar-refractivity contribution in [3.8, 4) is 0 Å². The number of aliphatic hydroxyl groups excluding tert-OH is 2. The van der Waals surface area contributed by atoms with Gasteiger partial charge in [0.2, 0.25) is 0 Å². The molecule has 0 saturated carbocycles. The molecule has 2 unspecified atom stereocenters. The van der Waals surface area contributed by atoms with Crippen LogP contribution in [0.15, 0.2) is 29.2 Å². The Labute approximate surface area is 119 Å². The summed E-state index contributed by atoms with van der Waals surface area (Å²) < 4.78 is 27.6. The molecule has 0 aromatic heterocycles. The monoisotopic (exact) mass is 303 g/mol. The van der Waals surface area contributed by atoms with Crippen LogP contribution in [0.5, 0.6) is 0 Å². The lowest BCUT2D eigenvalue weighted by molar-refractivity contribution is 0.111. The largest absolute Gasteiger partial charge is 0.395 e. The molecule has 0 spiro atoms. The molecule has 0 bridgehead atoms. The fraction of sp³-hybridized carbons (Fsp3) is 0.538. The first-order valence-electron chi connectivity index (χ1n) is 6.19. The van der Waals surface area contributed by atoms with Crippen LogP contribution in [-0.2, 0) is 14.6 Å². The summed E-state index contributed by atoms with van der Waals surface area (Å²) in [6.45, 7) is 0.497. The van der Waals surface area contributed by atoms with E-state index in [1.807, 2.05) is 0 Å². The SMILES string of the molecule is COCC(CO)NCC(O)c1ccc(S(C)(=O)=O)cc1. The Bertz CT molecular complexity index is 500. The second kappa shape index (κ2) is 7.70. The molecule has 0 amide bonds. The average Bonchev–Trinajstić information content (AvgIpc) is 2.42. The van der Waals surface area contributed by atoms with Crippen LogP contribution in [0.3, 0.4) is 0 Å². The van der Waals surface area contributed by atoms with Gasteiger partial charge in [0.1, 0.15) is 0 Å². The van der Waals surface area contributed by atoms with E-state index in [0.29, 0.717) is 12.2 Å². The molecule has 2 atom stereocenters. The summed E-state index contributed by atoms with van der Waals surface area (Å²) in [5.74, 6) is 0. The van der Waals surface area contributed by atoms with Crippen molar-refractivity contribution >= 4 is 9.84 Å². The molecule has 3 N–H and O–H groups in total. The standard InChI is InChI=1S/C13H21NO5S/c1-19-9-11(8-15)14-7-13(16)10-3-5-12(6-4-10)20(2,17)18/h3-6,11,13-16H,7-9H2,1-2H3. The Balaban J connectivity index is 2.62. The highest BCUT2D eigenvalue weighted by molar-refractivity contribution is 7.90. The van der Waals surface area contributed by atoms with E-state index >= 15 is 0 Å². The van der Waals surface area contributed by atoms with Gasteiger partial charge in [-0.1, -0.05) is 12.1 Å². The molecule has 1 rings (SSSR count). The van der Waals surface area contributed by atoms with Gasteiger partial charge in [-0.05, 0) is 17.7 Å². The molecule has 20 heavy (non-hydrogen) atoms. The van der Waals surface area contributed by atoms with Gasteiger partial charge in [0, 0.05) is 19.9 Å². The van der Waals surface area contributed by atoms with Crippen LogP contribution in [0.1, 0.15) is 11.7 Å². The summed E-state index contributed by atoms with van der Waals surface area (Å²) in [6.07, 6.45) is 0.353. The van der Waals surface area contributed by atoms with Crippen molar-refractivity contribution < 1.29 is 23.4 Å². The summed E-state index contributed by atoms with van der Waals surface area (Å²) in [7, 11) is -1.70. The number of rotatable bonds is 8. The Kier molecular flexibility index (Phi) is 6.57. The summed E-state index contributed by atoms with van der Waals surface area (Å²) >= 11 is 0. The molecule has 0 heterocycles. The number of methoxy groups -OCH3 is 1. The van der Waals surface area contributed by atoms with Crippen LogP contribution in [-0.4, -0.2) is 57.8 Å². The van der Waals surface area contributed by atoms with Crippen molar-refractivity contribution in [1.29, 1.82) is 0 Å². The van der Waals surface area contributed by atoms with Gasteiger partial charge in [0.15, 0.2) is 9.84 Å². The molecule has 1 aromatic rings. The molecular formula is C13H21NO5S. The van der Waals surface area contributed by atoms with E-state index in [1.165, 1.54) is 19.2 Å². The quantitative estimate of drug-likeness (QED) is 0.611. The lowest BCUT2D eigenvalue weighted by Gasteiger charge is -2.18. The summed E-state index contributed by atoms with van der Waals surface area (Å²) in [4.78, 5) is 0.217. The smallest absolute Gasteiger partial charge is 0.175 e. The highest BCUT2D eigenvalue weighted by Crippen LogP contribution is 2.16. The maximum Gasteiger partial charge on any atom is 0.175 e. The molecule has 7 heteroatoms. The molecule has 0 fully saturated rings. The Morgan fingerprint density at radius 3 is 2.35 bits per heavy atom. The van der Waals surface area contributed by atoms with Crippen LogP contribution < -0.4 is 5.32 Å². The van der Waals surface area contributed by atoms with Crippen molar-refractivity contribution in [2.45, 2.75) is 17.0 Å². The summed E-state index contributed by atoms with van der Waals surface area (Å²) in [6, 6.07) is 5.84. The van der Waals surface area contributed by atoms with E-state index in [0.717, 1.165) is 6.26 Å². The summed E-state index contributed by atoms with van der Waals surface area (Å²) in [5.41, 5.74) is 0.610. The Hall–Kier alpha value is -0.990.